The van der Waals surface area contributed by atoms with E-state index in [1.54, 1.807) is 18.5 Å². The predicted molar refractivity (Wildman–Crippen MR) is 102 cm³/mol. The van der Waals surface area contributed by atoms with Crippen LogP contribution in [0, 0.1) is 12.8 Å². The number of carbonyl (C=O) groups is 2. The van der Waals surface area contributed by atoms with Crippen molar-refractivity contribution in [3.05, 3.63) is 54.0 Å². The van der Waals surface area contributed by atoms with Gasteiger partial charge in [-0.1, -0.05) is 25.3 Å². The number of imide groups is 1. The van der Waals surface area contributed by atoms with E-state index in [4.69, 9.17) is 0 Å². The molecule has 0 aromatic carbocycles. The molecule has 1 fully saturated rings. The van der Waals surface area contributed by atoms with E-state index in [0.29, 0.717) is 16.9 Å². The van der Waals surface area contributed by atoms with Gasteiger partial charge in [0.15, 0.2) is 5.65 Å². The van der Waals surface area contributed by atoms with Gasteiger partial charge in [0.25, 0.3) is 5.91 Å². The van der Waals surface area contributed by atoms with E-state index >= 15 is 0 Å². The molecule has 27 heavy (non-hydrogen) atoms. The first kappa shape index (κ1) is 17.4. The molecule has 3 heterocycles. The van der Waals surface area contributed by atoms with Gasteiger partial charge in [-0.3, -0.25) is 19.9 Å². The molecule has 4 rings (SSSR count). The number of rotatable bonds is 3. The molecule has 6 heteroatoms. The summed E-state index contributed by atoms with van der Waals surface area (Å²) in [5.41, 5.74) is 3.32. The van der Waals surface area contributed by atoms with Crippen molar-refractivity contribution in [2.45, 2.75) is 39.0 Å². The fourth-order valence-corrected chi connectivity index (χ4v) is 3.71. The molecule has 3 aromatic rings. The SMILES string of the molecule is Cc1cc(-c2ccccn2)nc2c(C(=O)NC(=O)C3CCCCC3)ccn12. The largest absolute Gasteiger partial charge is 0.305 e. The second-order valence-corrected chi connectivity index (χ2v) is 7.07. The Hall–Kier alpha value is -3.02. The zero-order chi connectivity index (χ0) is 18.8. The summed E-state index contributed by atoms with van der Waals surface area (Å²) in [6, 6.07) is 9.28. The second-order valence-electron chi connectivity index (χ2n) is 7.07. The maximum Gasteiger partial charge on any atom is 0.261 e. The van der Waals surface area contributed by atoms with Gasteiger partial charge in [-0.2, -0.15) is 0 Å². The van der Waals surface area contributed by atoms with Gasteiger partial charge in [0.05, 0.1) is 17.0 Å². The third-order valence-corrected chi connectivity index (χ3v) is 5.20. The van der Waals surface area contributed by atoms with Crippen LogP contribution in [-0.2, 0) is 4.79 Å². The minimum absolute atomic E-state index is 0.0599. The number of pyridine rings is 1. The van der Waals surface area contributed by atoms with E-state index in [-0.39, 0.29) is 11.8 Å². The summed E-state index contributed by atoms with van der Waals surface area (Å²) in [5, 5.41) is 2.58. The zero-order valence-corrected chi connectivity index (χ0v) is 15.3. The second kappa shape index (κ2) is 7.31. The van der Waals surface area contributed by atoms with Gasteiger partial charge in [-0.05, 0) is 44.0 Å². The van der Waals surface area contributed by atoms with Crippen molar-refractivity contribution in [2.75, 3.05) is 0 Å². The van der Waals surface area contributed by atoms with Crippen LogP contribution in [0.1, 0.15) is 48.2 Å². The Labute approximate surface area is 157 Å². The molecule has 3 aromatic heterocycles. The van der Waals surface area contributed by atoms with Gasteiger partial charge >= 0.3 is 0 Å². The monoisotopic (exact) mass is 362 g/mol. The number of aryl methyl sites for hydroxylation is 1. The van der Waals surface area contributed by atoms with Crippen LogP contribution in [0.4, 0.5) is 0 Å². The summed E-state index contributed by atoms with van der Waals surface area (Å²) in [7, 11) is 0. The van der Waals surface area contributed by atoms with E-state index < -0.39 is 5.91 Å². The van der Waals surface area contributed by atoms with Crippen molar-refractivity contribution in [3.8, 4) is 11.4 Å². The topological polar surface area (TPSA) is 76.4 Å². The van der Waals surface area contributed by atoms with Crippen molar-refractivity contribution in [1.82, 2.24) is 19.7 Å². The Morgan fingerprint density at radius 3 is 2.67 bits per heavy atom. The molecule has 0 unspecified atom stereocenters. The molecule has 6 nitrogen and oxygen atoms in total. The third-order valence-electron chi connectivity index (χ3n) is 5.20. The Kier molecular flexibility index (Phi) is 4.71. The van der Waals surface area contributed by atoms with E-state index in [9.17, 15) is 9.59 Å². The van der Waals surface area contributed by atoms with E-state index in [0.717, 1.165) is 37.1 Å². The molecule has 1 N–H and O–H groups in total. The van der Waals surface area contributed by atoms with Crippen molar-refractivity contribution in [3.63, 3.8) is 0 Å². The van der Waals surface area contributed by atoms with Gasteiger partial charge < -0.3 is 4.40 Å². The third kappa shape index (κ3) is 3.47. The lowest BCUT2D eigenvalue weighted by molar-refractivity contribution is -0.124. The van der Waals surface area contributed by atoms with Crippen LogP contribution in [0.3, 0.4) is 0 Å². The molecule has 0 saturated heterocycles. The fraction of sp³-hybridized carbons (Fsp3) is 0.333. The number of aromatic nitrogens is 3. The summed E-state index contributed by atoms with van der Waals surface area (Å²) in [6.07, 6.45) is 8.51. The average Bonchev–Trinajstić information content (AvgIpc) is 3.14. The Balaban J connectivity index is 1.64. The highest BCUT2D eigenvalue weighted by atomic mass is 16.2. The standard InChI is InChI=1S/C21H22N4O2/c1-14-13-18(17-9-5-6-11-22-17)23-19-16(10-12-25(14)19)21(27)24-20(26)15-7-3-2-4-8-15/h5-6,9-13,15H,2-4,7-8H2,1H3,(H,24,26,27). The molecule has 0 radical (unpaired) electrons. The van der Waals surface area contributed by atoms with E-state index in [1.165, 1.54) is 6.42 Å². The van der Waals surface area contributed by atoms with Gasteiger partial charge in [0, 0.05) is 24.0 Å². The Morgan fingerprint density at radius 2 is 1.93 bits per heavy atom. The van der Waals surface area contributed by atoms with Crippen molar-refractivity contribution < 1.29 is 9.59 Å². The summed E-state index contributed by atoms with van der Waals surface area (Å²) in [4.78, 5) is 34.1. The number of hydrogen-bond donors (Lipinski definition) is 1. The predicted octanol–water partition coefficient (Wildman–Crippen LogP) is 3.54. The lowest BCUT2D eigenvalue weighted by Gasteiger charge is -2.20. The Morgan fingerprint density at radius 1 is 1.11 bits per heavy atom. The minimum Gasteiger partial charge on any atom is -0.305 e. The van der Waals surface area contributed by atoms with Crippen LogP contribution in [0.25, 0.3) is 17.0 Å². The highest BCUT2D eigenvalue weighted by Gasteiger charge is 2.24. The van der Waals surface area contributed by atoms with E-state index in [1.807, 2.05) is 35.6 Å². The molecular weight excluding hydrogens is 340 g/mol. The minimum atomic E-state index is -0.391. The molecule has 2 amide bonds. The molecule has 1 aliphatic carbocycles. The van der Waals surface area contributed by atoms with Crippen LogP contribution < -0.4 is 5.32 Å². The number of fused-ring (bicyclic) bond motifs is 1. The molecule has 0 atom stereocenters. The van der Waals surface area contributed by atoms with Gasteiger partial charge in [0.2, 0.25) is 5.91 Å². The maximum atomic E-state index is 12.7. The van der Waals surface area contributed by atoms with Crippen LogP contribution in [0.5, 0.6) is 0 Å². The van der Waals surface area contributed by atoms with Crippen LogP contribution in [0.15, 0.2) is 42.7 Å². The molecule has 1 saturated carbocycles. The summed E-state index contributed by atoms with van der Waals surface area (Å²) >= 11 is 0. The van der Waals surface area contributed by atoms with Crippen molar-refractivity contribution >= 4 is 17.5 Å². The number of nitrogens with zero attached hydrogens (tertiary/aromatic N) is 3. The first-order chi connectivity index (χ1) is 13.1. The van der Waals surface area contributed by atoms with Crippen LogP contribution in [0.2, 0.25) is 0 Å². The highest BCUT2D eigenvalue weighted by molar-refractivity contribution is 6.08. The van der Waals surface area contributed by atoms with Crippen molar-refractivity contribution in [2.24, 2.45) is 5.92 Å². The van der Waals surface area contributed by atoms with Crippen LogP contribution >= 0.6 is 0 Å². The lowest BCUT2D eigenvalue weighted by atomic mass is 9.88. The number of carbonyl (C=O) groups excluding carboxylic acids is 2. The summed E-state index contributed by atoms with van der Waals surface area (Å²) in [5.74, 6) is -0.620. The van der Waals surface area contributed by atoms with Gasteiger partial charge in [-0.15, -0.1) is 0 Å². The molecule has 0 spiro atoms. The van der Waals surface area contributed by atoms with E-state index in [2.05, 4.69) is 15.3 Å². The average molecular weight is 362 g/mol. The normalized spacial score (nSPS) is 15.0. The zero-order valence-electron chi connectivity index (χ0n) is 15.3. The Bertz CT molecular complexity index is 988. The highest BCUT2D eigenvalue weighted by Crippen LogP contribution is 2.24. The number of nitrogens with one attached hydrogen (secondary N) is 1. The maximum absolute atomic E-state index is 12.7. The van der Waals surface area contributed by atoms with Crippen LogP contribution in [-0.4, -0.2) is 26.2 Å². The quantitative estimate of drug-likeness (QED) is 0.723. The molecule has 0 bridgehead atoms. The molecule has 1 aliphatic rings. The molecule has 138 valence electrons. The molecule has 0 aliphatic heterocycles. The fourth-order valence-electron chi connectivity index (χ4n) is 3.71. The lowest BCUT2D eigenvalue weighted by Crippen LogP contribution is -2.36. The first-order valence-electron chi connectivity index (χ1n) is 9.39. The van der Waals surface area contributed by atoms with Gasteiger partial charge in [0.1, 0.15) is 0 Å². The number of hydrogen-bond acceptors (Lipinski definition) is 4. The molecular formula is C21H22N4O2. The summed E-state index contributed by atoms with van der Waals surface area (Å²) in [6.45, 7) is 1.95. The van der Waals surface area contributed by atoms with Crippen molar-refractivity contribution in [1.29, 1.82) is 0 Å². The first-order valence-corrected chi connectivity index (χ1v) is 9.39. The summed E-state index contributed by atoms with van der Waals surface area (Å²) < 4.78 is 1.85. The smallest absolute Gasteiger partial charge is 0.261 e. The number of amides is 2. The van der Waals surface area contributed by atoms with Gasteiger partial charge in [-0.25, -0.2) is 4.98 Å².